The summed E-state index contributed by atoms with van der Waals surface area (Å²) in [4.78, 5) is 2.61. The molecule has 2 aromatic rings. The molecular formula is C8H5BrFN. The average molecular weight is 214 g/mol. The third-order valence-corrected chi connectivity index (χ3v) is 2.23. The van der Waals surface area contributed by atoms with Gasteiger partial charge in [-0.1, -0.05) is 12.1 Å². The lowest BCUT2D eigenvalue weighted by Gasteiger charge is -1.90. The minimum absolute atomic E-state index is 0.299. The van der Waals surface area contributed by atoms with E-state index in [0.717, 1.165) is 15.4 Å². The van der Waals surface area contributed by atoms with Crippen LogP contribution in [0.15, 0.2) is 28.7 Å². The van der Waals surface area contributed by atoms with E-state index in [1.165, 1.54) is 6.07 Å². The minimum atomic E-state index is -0.299. The second kappa shape index (κ2) is 2.34. The number of H-pyrrole nitrogens is 1. The largest absolute Gasteiger partial charge is 0.331 e. The lowest BCUT2D eigenvalue weighted by Crippen LogP contribution is -1.70. The number of benzene rings is 1. The highest BCUT2D eigenvalue weighted by molar-refractivity contribution is 9.10. The predicted molar refractivity (Wildman–Crippen MR) is 46.0 cm³/mol. The summed E-state index contributed by atoms with van der Waals surface area (Å²) >= 11 is 3.31. The summed E-state index contributed by atoms with van der Waals surface area (Å²) in [7, 11) is 0. The summed E-state index contributed by atoms with van der Waals surface area (Å²) in [6.07, 6.45) is 0. The molecule has 56 valence electrons. The number of para-hydroxylation sites is 1. The summed E-state index contributed by atoms with van der Waals surface area (Å²) < 4.78 is 13.5. The molecule has 0 aliphatic rings. The molecule has 1 aromatic carbocycles. The maximum atomic E-state index is 12.6. The van der Waals surface area contributed by atoms with Crippen LogP contribution in [0.5, 0.6) is 0 Å². The Kier molecular flexibility index (Phi) is 1.46. The lowest BCUT2D eigenvalue weighted by atomic mass is 10.3. The first-order chi connectivity index (χ1) is 5.27. The average Bonchev–Trinajstić information content (AvgIpc) is 2.31. The third-order valence-electron chi connectivity index (χ3n) is 1.57. The van der Waals surface area contributed by atoms with E-state index in [2.05, 4.69) is 20.9 Å². The Morgan fingerprint density at radius 1 is 1.36 bits per heavy atom. The van der Waals surface area contributed by atoms with Crippen LogP contribution in [0.4, 0.5) is 4.39 Å². The van der Waals surface area contributed by atoms with Gasteiger partial charge in [0.25, 0.3) is 0 Å². The van der Waals surface area contributed by atoms with E-state index in [1.54, 1.807) is 0 Å². The molecule has 1 nitrogen and oxygen atoms in total. The van der Waals surface area contributed by atoms with E-state index >= 15 is 0 Å². The Labute approximate surface area is 71.4 Å². The summed E-state index contributed by atoms with van der Waals surface area (Å²) in [6.45, 7) is 0. The van der Waals surface area contributed by atoms with Gasteiger partial charge in [0.15, 0.2) is 5.95 Å². The first-order valence-corrected chi connectivity index (χ1v) is 3.99. The van der Waals surface area contributed by atoms with Crippen molar-refractivity contribution in [2.24, 2.45) is 0 Å². The molecule has 0 atom stereocenters. The SMILES string of the molecule is Fc1cc2cccc(Br)c2[nH]1. The van der Waals surface area contributed by atoms with Crippen molar-refractivity contribution >= 4 is 26.8 Å². The van der Waals surface area contributed by atoms with Gasteiger partial charge in [0.05, 0.1) is 5.52 Å². The van der Waals surface area contributed by atoms with Gasteiger partial charge in [0.1, 0.15) is 0 Å². The zero-order valence-electron chi connectivity index (χ0n) is 5.57. The number of rotatable bonds is 0. The van der Waals surface area contributed by atoms with Crippen molar-refractivity contribution in [2.75, 3.05) is 0 Å². The van der Waals surface area contributed by atoms with Crippen molar-refractivity contribution in [3.63, 3.8) is 0 Å². The molecule has 0 unspecified atom stereocenters. The van der Waals surface area contributed by atoms with Crippen molar-refractivity contribution in [3.05, 3.63) is 34.7 Å². The second-order valence-electron chi connectivity index (χ2n) is 2.32. The van der Waals surface area contributed by atoms with Gasteiger partial charge in [-0.05, 0) is 22.0 Å². The highest BCUT2D eigenvalue weighted by Gasteiger charge is 2.01. The normalized spacial score (nSPS) is 10.7. The Balaban J connectivity index is 2.90. The number of aromatic amines is 1. The maximum Gasteiger partial charge on any atom is 0.192 e. The fourth-order valence-corrected chi connectivity index (χ4v) is 1.57. The summed E-state index contributed by atoms with van der Waals surface area (Å²) in [6, 6.07) is 7.08. The molecule has 0 aliphatic carbocycles. The summed E-state index contributed by atoms with van der Waals surface area (Å²) in [5, 5.41) is 0.886. The number of halogens is 2. The Hall–Kier alpha value is -0.830. The van der Waals surface area contributed by atoms with Crippen molar-refractivity contribution in [2.45, 2.75) is 0 Å². The minimum Gasteiger partial charge on any atom is -0.331 e. The van der Waals surface area contributed by atoms with Gasteiger partial charge in [-0.15, -0.1) is 0 Å². The monoisotopic (exact) mass is 213 g/mol. The first-order valence-electron chi connectivity index (χ1n) is 3.20. The highest BCUT2D eigenvalue weighted by atomic mass is 79.9. The molecule has 0 amide bonds. The number of hydrogen-bond donors (Lipinski definition) is 1. The molecule has 0 spiro atoms. The van der Waals surface area contributed by atoms with Gasteiger partial charge >= 0.3 is 0 Å². The fraction of sp³-hybridized carbons (Fsp3) is 0. The van der Waals surface area contributed by atoms with Gasteiger partial charge in [0, 0.05) is 15.9 Å². The quantitative estimate of drug-likeness (QED) is 0.693. The molecule has 11 heavy (non-hydrogen) atoms. The van der Waals surface area contributed by atoms with Crippen LogP contribution in [0.2, 0.25) is 0 Å². The van der Waals surface area contributed by atoms with Gasteiger partial charge in [-0.2, -0.15) is 4.39 Å². The number of aromatic nitrogens is 1. The molecule has 1 heterocycles. The predicted octanol–water partition coefficient (Wildman–Crippen LogP) is 3.07. The maximum absolute atomic E-state index is 12.6. The van der Waals surface area contributed by atoms with Crippen LogP contribution in [-0.4, -0.2) is 4.98 Å². The summed E-state index contributed by atoms with van der Waals surface area (Å²) in [5.74, 6) is -0.299. The van der Waals surface area contributed by atoms with E-state index < -0.39 is 0 Å². The molecule has 0 fully saturated rings. The molecule has 0 radical (unpaired) electrons. The topological polar surface area (TPSA) is 15.8 Å². The van der Waals surface area contributed by atoms with Gasteiger partial charge in [-0.3, -0.25) is 0 Å². The number of fused-ring (bicyclic) bond motifs is 1. The lowest BCUT2D eigenvalue weighted by molar-refractivity contribution is 0.594. The standard InChI is InChI=1S/C8H5BrFN/c9-6-3-1-2-5-4-7(10)11-8(5)6/h1-4,11H. The van der Waals surface area contributed by atoms with Gasteiger partial charge < -0.3 is 4.98 Å². The number of hydrogen-bond acceptors (Lipinski definition) is 0. The molecule has 0 aliphatic heterocycles. The Bertz CT molecular complexity index is 394. The van der Waals surface area contributed by atoms with Gasteiger partial charge in [-0.25, -0.2) is 0 Å². The van der Waals surface area contributed by atoms with E-state index in [0.29, 0.717) is 0 Å². The van der Waals surface area contributed by atoms with Crippen LogP contribution >= 0.6 is 15.9 Å². The van der Waals surface area contributed by atoms with Crippen LogP contribution in [0.3, 0.4) is 0 Å². The zero-order chi connectivity index (χ0) is 7.84. The molecule has 1 aromatic heterocycles. The van der Waals surface area contributed by atoms with Crippen LogP contribution in [0.25, 0.3) is 10.9 Å². The van der Waals surface area contributed by atoms with E-state index in [1.807, 2.05) is 18.2 Å². The van der Waals surface area contributed by atoms with Crippen molar-refractivity contribution in [3.8, 4) is 0 Å². The molecule has 0 saturated heterocycles. The van der Waals surface area contributed by atoms with Gasteiger partial charge in [0.2, 0.25) is 0 Å². The van der Waals surface area contributed by atoms with Crippen LogP contribution < -0.4 is 0 Å². The molecule has 0 bridgehead atoms. The second-order valence-corrected chi connectivity index (χ2v) is 3.18. The van der Waals surface area contributed by atoms with Crippen molar-refractivity contribution < 1.29 is 4.39 Å². The molecule has 2 rings (SSSR count). The first kappa shape index (κ1) is 6.85. The van der Waals surface area contributed by atoms with Crippen LogP contribution in [-0.2, 0) is 0 Å². The zero-order valence-corrected chi connectivity index (χ0v) is 7.15. The van der Waals surface area contributed by atoms with Crippen molar-refractivity contribution in [1.82, 2.24) is 4.98 Å². The summed E-state index contributed by atoms with van der Waals surface area (Å²) in [5.41, 5.74) is 0.810. The van der Waals surface area contributed by atoms with Crippen LogP contribution in [0.1, 0.15) is 0 Å². The number of nitrogens with one attached hydrogen (secondary N) is 1. The molecule has 1 N–H and O–H groups in total. The van der Waals surface area contributed by atoms with Crippen molar-refractivity contribution in [1.29, 1.82) is 0 Å². The van der Waals surface area contributed by atoms with Crippen LogP contribution in [0, 0.1) is 5.95 Å². The van der Waals surface area contributed by atoms with E-state index in [9.17, 15) is 4.39 Å². The molecule has 3 heteroatoms. The molecular weight excluding hydrogens is 209 g/mol. The van der Waals surface area contributed by atoms with E-state index in [4.69, 9.17) is 0 Å². The Morgan fingerprint density at radius 2 is 2.18 bits per heavy atom. The third kappa shape index (κ3) is 1.05. The van der Waals surface area contributed by atoms with E-state index in [-0.39, 0.29) is 5.95 Å². The highest BCUT2D eigenvalue weighted by Crippen LogP contribution is 2.22. The Morgan fingerprint density at radius 3 is 2.91 bits per heavy atom. The fourth-order valence-electron chi connectivity index (χ4n) is 1.08. The smallest absolute Gasteiger partial charge is 0.192 e. The molecule has 0 saturated carbocycles.